The number of rotatable bonds is 2. The maximum absolute atomic E-state index is 13.0. The number of hydrogen-bond acceptors (Lipinski definition) is 3. The van der Waals surface area contributed by atoms with Crippen LogP contribution in [0.1, 0.15) is 48.7 Å². The number of nitrogens with zero attached hydrogens (tertiary/aromatic N) is 3. The first-order chi connectivity index (χ1) is 12.7. The smallest absolute Gasteiger partial charge is 0.267 e. The van der Waals surface area contributed by atoms with E-state index in [4.69, 9.17) is 11.6 Å². The summed E-state index contributed by atoms with van der Waals surface area (Å²) in [5, 5.41) is 9.78. The largest absolute Gasteiger partial charge is 0.391 e. The molecule has 4 nitrogen and oxygen atoms in total. The molecule has 1 saturated carbocycles. The predicted octanol–water partition coefficient (Wildman–Crippen LogP) is 4.90. The van der Waals surface area contributed by atoms with Crippen LogP contribution in [-0.4, -0.2) is 15.7 Å². The summed E-state index contributed by atoms with van der Waals surface area (Å²) in [5.74, 6) is -1.19. The van der Waals surface area contributed by atoms with E-state index in [9.17, 15) is 23.2 Å². The maximum Gasteiger partial charge on any atom is 0.391 e. The monoisotopic (exact) mass is 395 g/mol. The van der Waals surface area contributed by atoms with E-state index in [-0.39, 0.29) is 37.2 Å². The fourth-order valence-electron chi connectivity index (χ4n) is 3.57. The summed E-state index contributed by atoms with van der Waals surface area (Å²) in [4.78, 5) is 17.3. The fourth-order valence-corrected chi connectivity index (χ4v) is 3.70. The highest BCUT2D eigenvalue weighted by Gasteiger charge is 2.42. The van der Waals surface area contributed by atoms with Crippen LogP contribution in [0, 0.1) is 24.2 Å². The molecule has 1 fully saturated rings. The van der Waals surface area contributed by atoms with Crippen LogP contribution in [0.5, 0.6) is 0 Å². The highest BCUT2D eigenvalue weighted by Crippen LogP contribution is 2.42. The normalized spacial score (nSPS) is 20.3. The zero-order valence-corrected chi connectivity index (χ0v) is 15.3. The van der Waals surface area contributed by atoms with Gasteiger partial charge in [0.2, 0.25) is 0 Å². The molecule has 1 aliphatic carbocycles. The molecule has 0 N–H and O–H groups in total. The van der Waals surface area contributed by atoms with Crippen molar-refractivity contribution >= 4 is 11.6 Å². The molecule has 27 heavy (non-hydrogen) atoms. The van der Waals surface area contributed by atoms with Crippen molar-refractivity contribution < 1.29 is 13.2 Å². The summed E-state index contributed by atoms with van der Waals surface area (Å²) in [6, 6.07) is 8.36. The zero-order valence-electron chi connectivity index (χ0n) is 14.6. The molecule has 0 bridgehead atoms. The quantitative estimate of drug-likeness (QED) is 0.726. The molecule has 142 valence electrons. The van der Waals surface area contributed by atoms with Crippen molar-refractivity contribution in [2.45, 2.75) is 44.7 Å². The molecule has 8 heteroatoms. The summed E-state index contributed by atoms with van der Waals surface area (Å²) in [5.41, 5.74) is 0.194. The average molecular weight is 396 g/mol. The molecule has 0 atom stereocenters. The minimum atomic E-state index is -4.20. The first kappa shape index (κ1) is 19.4. The van der Waals surface area contributed by atoms with Gasteiger partial charge in [-0.3, -0.25) is 9.36 Å². The molecule has 0 saturated heterocycles. The van der Waals surface area contributed by atoms with Gasteiger partial charge in [0, 0.05) is 10.9 Å². The molecule has 0 spiro atoms. The van der Waals surface area contributed by atoms with Gasteiger partial charge in [0.25, 0.3) is 5.56 Å². The summed E-state index contributed by atoms with van der Waals surface area (Å²) < 4.78 is 40.2. The summed E-state index contributed by atoms with van der Waals surface area (Å²) in [7, 11) is 0. The Morgan fingerprint density at radius 1 is 1.19 bits per heavy atom. The lowest BCUT2D eigenvalue weighted by atomic mass is 9.81. The molecule has 1 aromatic heterocycles. The predicted molar refractivity (Wildman–Crippen MR) is 95.1 cm³/mol. The Balaban J connectivity index is 2.07. The Morgan fingerprint density at radius 3 is 2.30 bits per heavy atom. The first-order valence-corrected chi connectivity index (χ1v) is 8.96. The van der Waals surface area contributed by atoms with Crippen molar-refractivity contribution in [3.8, 4) is 11.8 Å². The molecule has 1 aliphatic rings. The van der Waals surface area contributed by atoms with Crippen molar-refractivity contribution in [3.63, 3.8) is 0 Å². The van der Waals surface area contributed by atoms with E-state index >= 15 is 0 Å². The summed E-state index contributed by atoms with van der Waals surface area (Å²) in [6.45, 7) is 1.57. The van der Waals surface area contributed by atoms with Gasteiger partial charge < -0.3 is 0 Å². The third-order valence-electron chi connectivity index (χ3n) is 5.04. The fraction of sp³-hybridized carbons (Fsp3) is 0.421. The van der Waals surface area contributed by atoms with E-state index in [0.29, 0.717) is 22.2 Å². The molecule has 0 unspecified atom stereocenters. The van der Waals surface area contributed by atoms with Gasteiger partial charge in [-0.25, -0.2) is 4.98 Å². The number of aryl methyl sites for hydroxylation is 1. The van der Waals surface area contributed by atoms with Crippen LogP contribution in [0.3, 0.4) is 0 Å². The van der Waals surface area contributed by atoms with Crippen LogP contribution in [0.4, 0.5) is 13.2 Å². The van der Waals surface area contributed by atoms with Crippen LogP contribution in [-0.2, 0) is 0 Å². The van der Waals surface area contributed by atoms with E-state index in [1.54, 1.807) is 31.2 Å². The van der Waals surface area contributed by atoms with Crippen LogP contribution in [0.15, 0.2) is 29.1 Å². The van der Waals surface area contributed by atoms with E-state index in [2.05, 4.69) is 4.98 Å². The van der Waals surface area contributed by atoms with Crippen LogP contribution < -0.4 is 5.56 Å². The van der Waals surface area contributed by atoms with Crippen molar-refractivity contribution in [2.24, 2.45) is 5.92 Å². The van der Waals surface area contributed by atoms with Crippen molar-refractivity contribution in [2.75, 3.05) is 0 Å². The van der Waals surface area contributed by atoms with E-state index in [0.717, 1.165) is 0 Å². The Kier molecular flexibility index (Phi) is 5.29. The Morgan fingerprint density at radius 2 is 1.78 bits per heavy atom. The van der Waals surface area contributed by atoms with Gasteiger partial charge in [0.1, 0.15) is 17.5 Å². The highest BCUT2D eigenvalue weighted by molar-refractivity contribution is 6.30. The second-order valence-corrected chi connectivity index (χ2v) is 7.19. The summed E-state index contributed by atoms with van der Waals surface area (Å²) in [6.07, 6.45) is -3.62. The maximum atomic E-state index is 13.0. The lowest BCUT2D eigenvalue weighted by Crippen LogP contribution is -2.32. The molecule has 2 aromatic rings. The molecule has 0 radical (unpaired) electrons. The lowest BCUT2D eigenvalue weighted by molar-refractivity contribution is -0.182. The molecule has 0 aliphatic heterocycles. The number of hydrogen-bond donors (Lipinski definition) is 0. The van der Waals surface area contributed by atoms with Crippen LogP contribution in [0.25, 0.3) is 5.69 Å². The SMILES string of the molecule is Cc1nc([C@H]2CC[C@@H](C(F)(F)F)CC2)n(-c2ccc(Cl)cc2)c(=O)c1C#N. The number of nitriles is 1. The van der Waals surface area contributed by atoms with Gasteiger partial charge in [-0.15, -0.1) is 0 Å². The third-order valence-corrected chi connectivity index (χ3v) is 5.29. The van der Waals surface area contributed by atoms with Gasteiger partial charge in [-0.05, 0) is 56.9 Å². The van der Waals surface area contributed by atoms with Gasteiger partial charge in [0.15, 0.2) is 0 Å². The van der Waals surface area contributed by atoms with Gasteiger partial charge in [-0.2, -0.15) is 18.4 Å². The van der Waals surface area contributed by atoms with E-state index in [1.807, 2.05) is 6.07 Å². The first-order valence-electron chi connectivity index (χ1n) is 8.58. The van der Waals surface area contributed by atoms with Crippen LogP contribution >= 0.6 is 11.6 Å². The number of alkyl halides is 3. The molecule has 3 rings (SSSR count). The summed E-state index contributed by atoms with van der Waals surface area (Å²) >= 11 is 5.91. The minimum Gasteiger partial charge on any atom is -0.267 e. The second-order valence-electron chi connectivity index (χ2n) is 6.75. The Labute approximate surface area is 159 Å². The minimum absolute atomic E-state index is 0.00367. The Hall–Kier alpha value is -2.33. The topological polar surface area (TPSA) is 58.7 Å². The number of halogens is 4. The van der Waals surface area contributed by atoms with E-state index < -0.39 is 17.7 Å². The lowest BCUT2D eigenvalue weighted by Gasteiger charge is -2.30. The average Bonchev–Trinajstić information content (AvgIpc) is 2.62. The van der Waals surface area contributed by atoms with Crippen LogP contribution in [0.2, 0.25) is 5.02 Å². The number of aromatic nitrogens is 2. The standard InChI is InChI=1S/C19H17ClF3N3O/c1-11-16(10-24)18(27)26(15-8-6-14(20)7-9-15)17(25-11)12-2-4-13(5-3-12)19(21,22)23/h6-9,12-13H,2-5H2,1H3/t12-,13+. The van der Waals surface area contributed by atoms with Gasteiger partial charge >= 0.3 is 6.18 Å². The number of benzene rings is 1. The second kappa shape index (κ2) is 7.35. The van der Waals surface area contributed by atoms with E-state index in [1.165, 1.54) is 4.57 Å². The molecule has 0 amide bonds. The van der Waals surface area contributed by atoms with Gasteiger partial charge in [-0.1, -0.05) is 11.6 Å². The Bertz CT molecular complexity index is 937. The van der Waals surface area contributed by atoms with Crippen molar-refractivity contribution in [1.29, 1.82) is 5.26 Å². The van der Waals surface area contributed by atoms with Crippen molar-refractivity contribution in [3.05, 3.63) is 56.7 Å². The highest BCUT2D eigenvalue weighted by atomic mass is 35.5. The third kappa shape index (κ3) is 3.86. The van der Waals surface area contributed by atoms with Gasteiger partial charge in [0.05, 0.1) is 17.3 Å². The molecule has 1 aromatic carbocycles. The molecular weight excluding hydrogens is 379 g/mol. The molecule has 1 heterocycles. The van der Waals surface area contributed by atoms with Crippen molar-refractivity contribution in [1.82, 2.24) is 9.55 Å². The molecular formula is C19H17ClF3N3O. The zero-order chi connectivity index (χ0) is 19.8.